The maximum absolute atomic E-state index is 12.4. The number of rotatable bonds is 4. The van der Waals surface area contributed by atoms with Crippen LogP contribution < -0.4 is 5.73 Å². The van der Waals surface area contributed by atoms with E-state index in [1.807, 2.05) is 17.9 Å². The lowest BCUT2D eigenvalue weighted by Crippen LogP contribution is -2.54. The van der Waals surface area contributed by atoms with Gasteiger partial charge in [-0.2, -0.15) is 5.10 Å². The first-order valence-corrected chi connectivity index (χ1v) is 7.12. The lowest BCUT2D eigenvalue weighted by molar-refractivity contribution is -0.137. The molecule has 20 heavy (non-hydrogen) atoms. The number of hydrogen-bond acceptors (Lipinski definition) is 3. The number of nitrogens with one attached hydrogen (secondary N) is 1. The Kier molecular flexibility index (Phi) is 6.02. The summed E-state index contributed by atoms with van der Waals surface area (Å²) < 4.78 is 0. The van der Waals surface area contributed by atoms with Crippen LogP contribution in [0.25, 0.3) is 0 Å². The van der Waals surface area contributed by atoms with Crippen LogP contribution in [-0.4, -0.2) is 39.6 Å². The van der Waals surface area contributed by atoms with E-state index in [1.54, 1.807) is 6.20 Å². The van der Waals surface area contributed by atoms with Crippen molar-refractivity contribution in [2.45, 2.75) is 51.0 Å². The number of aromatic nitrogens is 2. The summed E-state index contributed by atoms with van der Waals surface area (Å²) >= 11 is 0. The number of piperidine rings is 1. The molecule has 1 aliphatic heterocycles. The van der Waals surface area contributed by atoms with Crippen LogP contribution in [0.2, 0.25) is 0 Å². The molecule has 0 saturated carbocycles. The number of carbonyl (C=O) groups is 1. The van der Waals surface area contributed by atoms with Gasteiger partial charge in [0.05, 0.1) is 5.54 Å². The van der Waals surface area contributed by atoms with Crippen LogP contribution in [0.4, 0.5) is 0 Å². The number of nitrogens with zero attached hydrogens (tertiary/aromatic N) is 2. The summed E-state index contributed by atoms with van der Waals surface area (Å²) in [6.45, 7) is 5.49. The Hall–Kier alpha value is -1.07. The maximum Gasteiger partial charge on any atom is 0.242 e. The average Bonchev–Trinajstić information content (AvgIpc) is 2.92. The zero-order valence-corrected chi connectivity index (χ0v) is 13.1. The second-order valence-corrected chi connectivity index (χ2v) is 5.75. The van der Waals surface area contributed by atoms with E-state index in [0.29, 0.717) is 5.92 Å². The Morgan fingerprint density at radius 2 is 2.20 bits per heavy atom. The van der Waals surface area contributed by atoms with Crippen molar-refractivity contribution in [1.29, 1.82) is 0 Å². The third-order valence-electron chi connectivity index (χ3n) is 4.00. The Balaban J connectivity index is 0.00000200. The molecule has 5 nitrogen and oxygen atoms in total. The zero-order chi connectivity index (χ0) is 13.9. The van der Waals surface area contributed by atoms with E-state index in [-0.39, 0.29) is 18.3 Å². The highest BCUT2D eigenvalue weighted by molar-refractivity contribution is 5.86. The van der Waals surface area contributed by atoms with Gasteiger partial charge in [-0.3, -0.25) is 9.89 Å². The fourth-order valence-electron chi connectivity index (χ4n) is 2.88. The molecule has 1 aromatic rings. The Labute approximate surface area is 126 Å². The van der Waals surface area contributed by atoms with Crippen molar-refractivity contribution in [3.8, 4) is 0 Å². The van der Waals surface area contributed by atoms with E-state index in [0.717, 1.165) is 38.8 Å². The van der Waals surface area contributed by atoms with Crippen LogP contribution in [0.5, 0.6) is 0 Å². The lowest BCUT2D eigenvalue weighted by atomic mass is 9.90. The highest BCUT2D eigenvalue weighted by Gasteiger charge is 2.34. The van der Waals surface area contributed by atoms with Crippen molar-refractivity contribution in [3.05, 3.63) is 18.0 Å². The largest absolute Gasteiger partial charge is 0.341 e. The van der Waals surface area contributed by atoms with Gasteiger partial charge in [-0.05, 0) is 32.3 Å². The van der Waals surface area contributed by atoms with Gasteiger partial charge in [-0.1, -0.05) is 13.3 Å². The van der Waals surface area contributed by atoms with E-state index in [1.165, 1.54) is 5.69 Å². The van der Waals surface area contributed by atoms with Crippen molar-refractivity contribution in [2.24, 2.45) is 5.73 Å². The minimum atomic E-state index is -0.713. The smallest absolute Gasteiger partial charge is 0.242 e. The normalized spacial score (nSPS) is 19.2. The van der Waals surface area contributed by atoms with Crippen molar-refractivity contribution in [1.82, 2.24) is 15.1 Å². The molecule has 0 aromatic carbocycles. The third-order valence-corrected chi connectivity index (χ3v) is 4.00. The first-order valence-electron chi connectivity index (χ1n) is 7.12. The first-order chi connectivity index (χ1) is 9.04. The summed E-state index contributed by atoms with van der Waals surface area (Å²) in [5.74, 6) is 0.583. The molecule has 3 N–H and O–H groups in total. The fourth-order valence-corrected chi connectivity index (χ4v) is 2.88. The number of hydrogen-bond donors (Lipinski definition) is 2. The van der Waals surface area contributed by atoms with Crippen LogP contribution in [0.15, 0.2) is 12.3 Å². The molecule has 114 valence electrons. The predicted molar refractivity (Wildman–Crippen MR) is 81.9 cm³/mol. The topological polar surface area (TPSA) is 75.0 Å². The average molecular weight is 301 g/mol. The predicted octanol–water partition coefficient (Wildman–Crippen LogP) is 2.06. The number of carbonyl (C=O) groups excluding carboxylic acids is 1. The summed E-state index contributed by atoms with van der Waals surface area (Å²) in [6, 6.07) is 2.02. The van der Waals surface area contributed by atoms with Gasteiger partial charge < -0.3 is 10.6 Å². The van der Waals surface area contributed by atoms with Crippen LogP contribution in [0.3, 0.4) is 0 Å². The Morgan fingerprint density at radius 1 is 1.55 bits per heavy atom. The first kappa shape index (κ1) is 17.0. The van der Waals surface area contributed by atoms with Crippen molar-refractivity contribution in [3.63, 3.8) is 0 Å². The number of halogens is 1. The number of H-pyrrole nitrogens is 1. The number of likely N-dealkylation sites (tertiary alicyclic amines) is 1. The minimum absolute atomic E-state index is 0. The van der Waals surface area contributed by atoms with E-state index in [9.17, 15) is 4.79 Å². The summed E-state index contributed by atoms with van der Waals surface area (Å²) in [5, 5.41) is 7.01. The molecule has 2 rings (SSSR count). The SMILES string of the molecule is CCCC(C)(N)C(=O)N1CCC(c2ccn[nH]2)CC1.Cl. The molecule has 6 heteroatoms. The van der Waals surface area contributed by atoms with Crippen LogP contribution in [0.1, 0.15) is 51.1 Å². The van der Waals surface area contributed by atoms with Gasteiger partial charge in [0, 0.05) is 30.9 Å². The molecule has 0 bridgehead atoms. The van der Waals surface area contributed by atoms with Crippen LogP contribution in [-0.2, 0) is 4.79 Å². The molecule has 1 saturated heterocycles. The Morgan fingerprint density at radius 3 is 2.70 bits per heavy atom. The molecule has 0 aliphatic carbocycles. The monoisotopic (exact) mass is 300 g/mol. The van der Waals surface area contributed by atoms with Gasteiger partial charge in [-0.25, -0.2) is 0 Å². The van der Waals surface area contributed by atoms with Gasteiger partial charge in [0.1, 0.15) is 0 Å². The lowest BCUT2D eigenvalue weighted by Gasteiger charge is -2.36. The number of aromatic amines is 1. The standard InChI is InChI=1S/C14H24N4O.ClH/c1-3-7-14(2,15)13(19)18-9-5-11(6-10-18)12-4-8-16-17-12;/h4,8,11H,3,5-7,9-10,15H2,1-2H3,(H,16,17);1H. The molecule has 1 fully saturated rings. The second-order valence-electron chi connectivity index (χ2n) is 5.75. The molecule has 2 heterocycles. The van der Waals surface area contributed by atoms with Crippen molar-refractivity contribution < 1.29 is 4.79 Å². The third kappa shape index (κ3) is 3.73. The molecular formula is C14H25ClN4O. The van der Waals surface area contributed by atoms with Gasteiger partial charge in [-0.15, -0.1) is 12.4 Å². The zero-order valence-electron chi connectivity index (χ0n) is 12.3. The van der Waals surface area contributed by atoms with E-state index >= 15 is 0 Å². The summed E-state index contributed by atoms with van der Waals surface area (Å²) in [5.41, 5.74) is 6.59. The van der Waals surface area contributed by atoms with Crippen LogP contribution >= 0.6 is 12.4 Å². The number of nitrogens with two attached hydrogens (primary N) is 1. The fraction of sp³-hybridized carbons (Fsp3) is 0.714. The maximum atomic E-state index is 12.4. The molecule has 1 aromatic heterocycles. The summed E-state index contributed by atoms with van der Waals surface area (Å²) in [6.07, 6.45) is 5.42. The summed E-state index contributed by atoms with van der Waals surface area (Å²) in [7, 11) is 0. The Bertz CT molecular complexity index is 411. The van der Waals surface area contributed by atoms with Crippen molar-refractivity contribution >= 4 is 18.3 Å². The van der Waals surface area contributed by atoms with Gasteiger partial charge in [0.2, 0.25) is 5.91 Å². The number of amides is 1. The molecule has 1 aliphatic rings. The molecular weight excluding hydrogens is 276 g/mol. The molecule has 0 spiro atoms. The minimum Gasteiger partial charge on any atom is -0.341 e. The quantitative estimate of drug-likeness (QED) is 0.893. The molecule has 1 atom stereocenters. The van der Waals surface area contributed by atoms with Crippen molar-refractivity contribution in [2.75, 3.05) is 13.1 Å². The molecule has 1 amide bonds. The molecule has 0 radical (unpaired) electrons. The van der Waals surface area contributed by atoms with Crippen LogP contribution in [0, 0.1) is 0 Å². The highest BCUT2D eigenvalue weighted by atomic mass is 35.5. The van der Waals surface area contributed by atoms with E-state index in [4.69, 9.17) is 5.73 Å². The summed E-state index contributed by atoms with van der Waals surface area (Å²) in [4.78, 5) is 14.3. The highest BCUT2D eigenvalue weighted by Crippen LogP contribution is 2.27. The second kappa shape index (κ2) is 7.09. The molecule has 1 unspecified atom stereocenters. The van der Waals surface area contributed by atoms with E-state index in [2.05, 4.69) is 17.1 Å². The van der Waals surface area contributed by atoms with Gasteiger partial charge in [0.25, 0.3) is 0 Å². The van der Waals surface area contributed by atoms with Gasteiger partial charge >= 0.3 is 0 Å². The van der Waals surface area contributed by atoms with E-state index < -0.39 is 5.54 Å². The van der Waals surface area contributed by atoms with Gasteiger partial charge in [0.15, 0.2) is 0 Å².